The van der Waals surface area contributed by atoms with Crippen LogP contribution < -0.4 is 10.2 Å². The lowest BCUT2D eigenvalue weighted by molar-refractivity contribution is 0.0951. The Morgan fingerprint density at radius 1 is 1.50 bits per heavy atom. The van der Waals surface area contributed by atoms with Gasteiger partial charge in [-0.1, -0.05) is 6.07 Å². The maximum absolute atomic E-state index is 12.0. The normalized spacial score (nSPS) is 18.2. The van der Waals surface area contributed by atoms with Crippen LogP contribution >= 0.6 is 11.3 Å². The molecule has 0 saturated carbocycles. The van der Waals surface area contributed by atoms with E-state index in [-0.39, 0.29) is 12.0 Å². The molecule has 1 aliphatic rings. The van der Waals surface area contributed by atoms with Gasteiger partial charge in [-0.25, -0.2) is 4.98 Å². The van der Waals surface area contributed by atoms with Crippen LogP contribution in [0.5, 0.6) is 0 Å². The van der Waals surface area contributed by atoms with E-state index in [1.807, 2.05) is 29.0 Å². The number of pyridine rings is 1. The van der Waals surface area contributed by atoms with E-state index in [4.69, 9.17) is 0 Å². The number of rotatable bonds is 4. The number of carbonyl (C=O) groups is 1. The van der Waals surface area contributed by atoms with E-state index in [1.54, 1.807) is 6.20 Å². The minimum atomic E-state index is -0.302. The highest BCUT2D eigenvalue weighted by Gasteiger charge is 2.21. The van der Waals surface area contributed by atoms with Crippen molar-refractivity contribution in [3.8, 4) is 0 Å². The number of carbonyl (C=O) groups excluding carboxylic acids is 1. The zero-order valence-corrected chi connectivity index (χ0v) is 13.1. The number of hydrogen-bond donors (Lipinski definition) is 2. The number of nitrogens with zero attached hydrogens (tertiary/aromatic N) is 2. The third kappa shape index (κ3) is 3.45. The van der Waals surface area contributed by atoms with Crippen molar-refractivity contribution in [2.24, 2.45) is 0 Å². The summed E-state index contributed by atoms with van der Waals surface area (Å²) in [6, 6.07) is 5.65. The molecule has 2 N–H and O–H groups in total. The van der Waals surface area contributed by atoms with Gasteiger partial charge in [0.25, 0.3) is 5.91 Å². The van der Waals surface area contributed by atoms with Gasteiger partial charge < -0.3 is 15.3 Å². The Labute approximate surface area is 133 Å². The molecule has 1 aliphatic heterocycles. The first-order valence-electron chi connectivity index (χ1n) is 7.41. The average molecular weight is 317 g/mol. The van der Waals surface area contributed by atoms with Crippen molar-refractivity contribution in [1.29, 1.82) is 0 Å². The summed E-state index contributed by atoms with van der Waals surface area (Å²) in [7, 11) is 0. The Bertz CT molecular complexity index is 630. The molecule has 3 rings (SSSR count). The van der Waals surface area contributed by atoms with Crippen LogP contribution in [-0.2, 0) is 6.54 Å². The number of nitrogens with one attached hydrogen (secondary N) is 1. The first kappa shape index (κ1) is 15.0. The van der Waals surface area contributed by atoms with E-state index >= 15 is 0 Å². The van der Waals surface area contributed by atoms with E-state index in [9.17, 15) is 9.90 Å². The molecule has 22 heavy (non-hydrogen) atoms. The highest BCUT2D eigenvalue weighted by Crippen LogP contribution is 2.21. The van der Waals surface area contributed by atoms with Crippen LogP contribution in [0.2, 0.25) is 0 Å². The zero-order valence-electron chi connectivity index (χ0n) is 12.2. The van der Waals surface area contributed by atoms with Crippen LogP contribution in [0.1, 0.15) is 28.8 Å². The van der Waals surface area contributed by atoms with Crippen molar-refractivity contribution in [3.63, 3.8) is 0 Å². The quantitative estimate of drug-likeness (QED) is 0.905. The van der Waals surface area contributed by atoms with Gasteiger partial charge in [-0.3, -0.25) is 4.79 Å². The van der Waals surface area contributed by atoms with Crippen molar-refractivity contribution in [3.05, 3.63) is 46.3 Å². The Hall–Kier alpha value is -1.92. The first-order valence-corrected chi connectivity index (χ1v) is 8.35. The van der Waals surface area contributed by atoms with Crippen LogP contribution in [0.4, 0.5) is 5.82 Å². The van der Waals surface area contributed by atoms with E-state index < -0.39 is 0 Å². The molecule has 2 aromatic heterocycles. The lowest BCUT2D eigenvalue weighted by atomic mass is 10.1. The Morgan fingerprint density at radius 2 is 2.41 bits per heavy atom. The molecule has 3 heterocycles. The van der Waals surface area contributed by atoms with E-state index in [1.165, 1.54) is 11.3 Å². The highest BCUT2D eigenvalue weighted by atomic mass is 32.1. The fourth-order valence-corrected chi connectivity index (χ4v) is 3.31. The van der Waals surface area contributed by atoms with Crippen LogP contribution in [0.25, 0.3) is 0 Å². The second-order valence-electron chi connectivity index (χ2n) is 5.42. The highest BCUT2D eigenvalue weighted by molar-refractivity contribution is 7.08. The van der Waals surface area contributed by atoms with E-state index in [0.29, 0.717) is 18.7 Å². The minimum absolute atomic E-state index is 0.0743. The average Bonchev–Trinajstić information content (AvgIpc) is 3.07. The van der Waals surface area contributed by atoms with Gasteiger partial charge in [-0.2, -0.15) is 11.3 Å². The molecule has 116 valence electrons. The molecule has 6 heteroatoms. The maximum Gasteiger partial charge on any atom is 0.252 e. The van der Waals surface area contributed by atoms with Crippen molar-refractivity contribution in [1.82, 2.24) is 10.3 Å². The van der Waals surface area contributed by atoms with Gasteiger partial charge in [0.15, 0.2) is 0 Å². The van der Waals surface area contributed by atoms with E-state index in [0.717, 1.165) is 30.8 Å². The molecule has 5 nitrogen and oxygen atoms in total. The maximum atomic E-state index is 12.0. The van der Waals surface area contributed by atoms with Gasteiger partial charge in [0.2, 0.25) is 0 Å². The number of aliphatic hydroxyl groups is 1. The number of aromatic nitrogens is 1. The molecule has 0 spiro atoms. The molecular weight excluding hydrogens is 298 g/mol. The molecule has 1 atom stereocenters. The molecule has 1 saturated heterocycles. The Kier molecular flexibility index (Phi) is 4.70. The lowest BCUT2D eigenvalue weighted by Gasteiger charge is -2.32. The van der Waals surface area contributed by atoms with Crippen molar-refractivity contribution in [2.75, 3.05) is 18.0 Å². The predicted molar refractivity (Wildman–Crippen MR) is 87.2 cm³/mol. The van der Waals surface area contributed by atoms with Gasteiger partial charge in [0.1, 0.15) is 5.82 Å². The van der Waals surface area contributed by atoms with Gasteiger partial charge in [0, 0.05) is 42.3 Å². The monoisotopic (exact) mass is 317 g/mol. The third-order valence-corrected chi connectivity index (χ3v) is 4.47. The minimum Gasteiger partial charge on any atom is -0.391 e. The molecule has 0 aromatic carbocycles. The topological polar surface area (TPSA) is 65.5 Å². The zero-order chi connectivity index (χ0) is 15.4. The molecule has 1 unspecified atom stereocenters. The third-order valence-electron chi connectivity index (χ3n) is 3.79. The van der Waals surface area contributed by atoms with Crippen LogP contribution in [-0.4, -0.2) is 35.2 Å². The summed E-state index contributed by atoms with van der Waals surface area (Å²) in [5.74, 6) is 0.779. The smallest absolute Gasteiger partial charge is 0.252 e. The molecular formula is C16H19N3O2S. The summed E-state index contributed by atoms with van der Waals surface area (Å²) in [6.07, 6.45) is 3.25. The van der Waals surface area contributed by atoms with Gasteiger partial charge >= 0.3 is 0 Å². The molecule has 0 aliphatic carbocycles. The fraction of sp³-hybridized carbons (Fsp3) is 0.375. The predicted octanol–water partition coefficient (Wildman–Crippen LogP) is 2.03. The van der Waals surface area contributed by atoms with Crippen LogP contribution in [0.15, 0.2) is 35.2 Å². The van der Waals surface area contributed by atoms with Crippen LogP contribution in [0.3, 0.4) is 0 Å². The van der Waals surface area contributed by atoms with Crippen molar-refractivity contribution < 1.29 is 9.90 Å². The summed E-state index contributed by atoms with van der Waals surface area (Å²) in [5.41, 5.74) is 1.66. The second-order valence-corrected chi connectivity index (χ2v) is 6.20. The van der Waals surface area contributed by atoms with Gasteiger partial charge in [-0.05, 0) is 30.4 Å². The van der Waals surface area contributed by atoms with Crippen molar-refractivity contribution >= 4 is 23.1 Å². The van der Waals surface area contributed by atoms with Crippen molar-refractivity contribution in [2.45, 2.75) is 25.5 Å². The summed E-state index contributed by atoms with van der Waals surface area (Å²) in [6.45, 7) is 1.92. The van der Waals surface area contributed by atoms with E-state index in [2.05, 4.69) is 15.2 Å². The fourth-order valence-electron chi connectivity index (χ4n) is 2.67. The summed E-state index contributed by atoms with van der Waals surface area (Å²) >= 11 is 1.51. The number of β-amino-alcohol motifs (C(OH)–C–C–N with tert-alkyl or cyclic N) is 1. The van der Waals surface area contributed by atoms with Gasteiger partial charge in [-0.15, -0.1) is 0 Å². The van der Waals surface area contributed by atoms with Crippen LogP contribution in [0, 0.1) is 0 Å². The lowest BCUT2D eigenvalue weighted by Crippen LogP contribution is -2.39. The number of hydrogen-bond acceptors (Lipinski definition) is 5. The molecule has 0 radical (unpaired) electrons. The number of aliphatic hydroxyl groups excluding tert-OH is 1. The standard InChI is InChI=1S/C16H19N3O2S/c20-14-4-2-7-19(10-14)15-12(3-1-6-17-15)9-18-16(21)13-5-8-22-11-13/h1,3,5-6,8,11,14,20H,2,4,7,9-10H2,(H,18,21). The van der Waals surface area contributed by atoms with Gasteiger partial charge in [0.05, 0.1) is 6.10 Å². The first-order chi connectivity index (χ1) is 10.7. The molecule has 1 fully saturated rings. The molecule has 1 amide bonds. The second kappa shape index (κ2) is 6.89. The Balaban J connectivity index is 1.70. The molecule has 2 aromatic rings. The summed E-state index contributed by atoms with van der Waals surface area (Å²) in [4.78, 5) is 18.6. The molecule has 0 bridgehead atoms. The SMILES string of the molecule is O=C(NCc1cccnc1N1CCCC(O)C1)c1ccsc1. The number of piperidine rings is 1. The largest absolute Gasteiger partial charge is 0.391 e. The summed E-state index contributed by atoms with van der Waals surface area (Å²) < 4.78 is 0. The number of amides is 1. The number of anilines is 1. The summed E-state index contributed by atoms with van der Waals surface area (Å²) in [5, 5.41) is 16.5. The number of thiophene rings is 1. The Morgan fingerprint density at radius 3 is 3.18 bits per heavy atom.